The van der Waals surface area contributed by atoms with Crippen molar-refractivity contribution >= 4 is 31.7 Å². The summed E-state index contributed by atoms with van der Waals surface area (Å²) in [5, 5.41) is 0. The van der Waals surface area contributed by atoms with Crippen LogP contribution < -0.4 is 0 Å². The van der Waals surface area contributed by atoms with Gasteiger partial charge in [-0.15, -0.1) is 0 Å². The molecule has 0 heterocycles. The third-order valence-corrected chi connectivity index (χ3v) is 0. The van der Waals surface area contributed by atoms with Crippen LogP contribution in [0.15, 0.2) is 0 Å². The topological polar surface area (TPSA) is 0 Å². The molecule has 4 heavy (non-hydrogen) atoms. The number of hydrogen-bond donors (Lipinski definition) is 0. The zero-order chi connectivity index (χ0) is 3.58. The monoisotopic (exact) mass is 159 g/mol. The molecule has 0 fully saturated rings. The minimum absolute atomic E-state index is 0.562. The molecule has 0 saturated heterocycles. The molecule has 0 atom stereocenters. The zero-order valence-corrected chi connectivity index (χ0v) is 4.92. The van der Waals surface area contributed by atoms with Crippen LogP contribution in [0.4, 0.5) is 0 Å². The van der Waals surface area contributed by atoms with Crippen molar-refractivity contribution in [2.75, 3.05) is 0 Å². The molecule has 0 spiro atoms. The maximum atomic E-state index is 4.27. The molecular formula is CuS3. The first-order valence-electron chi connectivity index (χ1n) is 0.369. The second-order valence-electron chi connectivity index (χ2n) is 0.151. The molecule has 0 aliphatic heterocycles. The van der Waals surface area contributed by atoms with E-state index in [0.29, 0.717) is 0 Å². The van der Waals surface area contributed by atoms with Crippen molar-refractivity contribution in [1.82, 2.24) is 0 Å². The van der Waals surface area contributed by atoms with E-state index in [1.807, 2.05) is 0 Å². The van der Waals surface area contributed by atoms with Crippen LogP contribution in [0, 0.1) is 0 Å². The molecule has 0 amide bonds. The Morgan fingerprint density at radius 3 is 1.00 bits per heavy atom. The SMILES string of the molecule is [S]=[Cu](=[S])=[S]. The van der Waals surface area contributed by atoms with Gasteiger partial charge in [0.15, 0.2) is 0 Å². The molecular weight excluding hydrogens is 160 g/mol. The van der Waals surface area contributed by atoms with Crippen molar-refractivity contribution < 1.29 is 9.01 Å². The van der Waals surface area contributed by atoms with Crippen molar-refractivity contribution in [2.24, 2.45) is 0 Å². The second kappa shape index (κ2) is 2.42. The van der Waals surface area contributed by atoms with Crippen LogP contribution in [-0.4, -0.2) is 0 Å². The van der Waals surface area contributed by atoms with Crippen molar-refractivity contribution in [3.8, 4) is 0 Å². The first-order chi connectivity index (χ1) is 1.73. The fraction of sp³-hybridized carbons (Fsp3) is 0. The molecule has 0 rings (SSSR count). The fourth-order valence-corrected chi connectivity index (χ4v) is 0. The summed E-state index contributed by atoms with van der Waals surface area (Å²) in [5.74, 6) is 0. The van der Waals surface area contributed by atoms with Gasteiger partial charge in [0.25, 0.3) is 0 Å². The minimum atomic E-state index is -0.562. The van der Waals surface area contributed by atoms with E-state index in [0.717, 1.165) is 0 Å². The van der Waals surface area contributed by atoms with E-state index in [1.54, 1.807) is 0 Å². The second-order valence-corrected chi connectivity index (χ2v) is 5.59. The Hall–Kier alpha value is 1.18. The van der Waals surface area contributed by atoms with Crippen LogP contribution in [0.5, 0.6) is 0 Å². The Bertz CT molecular complexity index is 72.7. The third kappa shape index (κ3) is 10.9. The van der Waals surface area contributed by atoms with E-state index < -0.39 is 9.01 Å². The summed E-state index contributed by atoms with van der Waals surface area (Å²) in [4.78, 5) is 0. The van der Waals surface area contributed by atoms with Crippen molar-refractivity contribution in [3.05, 3.63) is 0 Å². The van der Waals surface area contributed by atoms with Crippen molar-refractivity contribution in [3.63, 3.8) is 0 Å². The van der Waals surface area contributed by atoms with Gasteiger partial charge < -0.3 is 0 Å². The Kier molecular flexibility index (Phi) is 3.13. The molecule has 0 N–H and O–H groups in total. The summed E-state index contributed by atoms with van der Waals surface area (Å²) >= 11 is 0. The Balaban J connectivity index is 4.65. The molecule has 0 nitrogen and oxygen atoms in total. The number of rotatable bonds is 0. The van der Waals surface area contributed by atoms with Gasteiger partial charge in [0.1, 0.15) is 0 Å². The van der Waals surface area contributed by atoms with Crippen LogP contribution in [0.3, 0.4) is 0 Å². The van der Waals surface area contributed by atoms with E-state index >= 15 is 0 Å². The van der Waals surface area contributed by atoms with Crippen LogP contribution in [0.1, 0.15) is 0 Å². The predicted molar refractivity (Wildman–Crippen MR) is 22.8 cm³/mol. The van der Waals surface area contributed by atoms with Gasteiger partial charge in [0, 0.05) is 0 Å². The fourth-order valence-electron chi connectivity index (χ4n) is 0. The summed E-state index contributed by atoms with van der Waals surface area (Å²) in [6, 6.07) is 0. The van der Waals surface area contributed by atoms with Gasteiger partial charge in [-0.1, -0.05) is 0 Å². The molecule has 0 aliphatic rings. The molecule has 4 heteroatoms. The molecule has 0 saturated carbocycles. The van der Waals surface area contributed by atoms with Gasteiger partial charge in [-0.25, -0.2) is 0 Å². The molecule has 0 unspecified atom stereocenters. The zero-order valence-electron chi connectivity index (χ0n) is 1.53. The van der Waals surface area contributed by atoms with Gasteiger partial charge in [-0.2, -0.15) is 0 Å². The van der Waals surface area contributed by atoms with E-state index in [1.165, 1.54) is 0 Å². The van der Waals surface area contributed by atoms with Crippen LogP contribution >= 0.6 is 31.7 Å². The molecule has 0 aromatic heterocycles. The predicted octanol–water partition coefficient (Wildman–Crippen LogP) is 1.94. The summed E-state index contributed by atoms with van der Waals surface area (Å²) in [5.41, 5.74) is 0. The van der Waals surface area contributed by atoms with Crippen LogP contribution in [0.2, 0.25) is 0 Å². The molecule has 29 valence electrons. The maximum absolute atomic E-state index is 4.27. The molecule has 0 aliphatic carbocycles. The molecule has 0 aromatic carbocycles. The first-order valence-corrected chi connectivity index (χ1v) is 4.57. The summed E-state index contributed by atoms with van der Waals surface area (Å²) in [7, 11) is 12.2. The van der Waals surface area contributed by atoms with Crippen molar-refractivity contribution in [2.45, 2.75) is 0 Å². The Morgan fingerprint density at radius 2 is 1.00 bits per heavy atom. The van der Waals surface area contributed by atoms with E-state index in [2.05, 4.69) is 31.7 Å². The first kappa shape index (κ1) is 5.18. The van der Waals surface area contributed by atoms with Gasteiger partial charge in [0.05, 0.1) is 0 Å². The summed E-state index contributed by atoms with van der Waals surface area (Å²) in [6.45, 7) is 0. The average molecular weight is 160 g/mol. The normalized spacial score (nSPS) is 10.5. The van der Waals surface area contributed by atoms with Gasteiger partial charge in [0.2, 0.25) is 0 Å². The number of hydrogen-bond acceptors (Lipinski definition) is 3. The van der Waals surface area contributed by atoms with E-state index in [4.69, 9.17) is 0 Å². The van der Waals surface area contributed by atoms with Gasteiger partial charge in [-0.05, 0) is 0 Å². The molecule has 0 aromatic rings. The molecule has 0 bridgehead atoms. The summed E-state index contributed by atoms with van der Waals surface area (Å²) in [6.07, 6.45) is 0. The standard InChI is InChI=1S/Cu.3S. The van der Waals surface area contributed by atoms with E-state index in [-0.39, 0.29) is 0 Å². The molecule has 0 radical (unpaired) electrons. The van der Waals surface area contributed by atoms with E-state index in [9.17, 15) is 0 Å². The Labute approximate surface area is 40.7 Å². The third-order valence-electron chi connectivity index (χ3n) is 0. The van der Waals surface area contributed by atoms with Crippen LogP contribution in [-0.2, 0) is 9.01 Å². The Morgan fingerprint density at radius 1 is 1.00 bits per heavy atom. The average Bonchev–Trinajstić information content (AvgIpc) is 0.811. The van der Waals surface area contributed by atoms with Crippen LogP contribution in [0.25, 0.3) is 0 Å². The quantitative estimate of drug-likeness (QED) is 0.496. The van der Waals surface area contributed by atoms with Gasteiger partial charge in [-0.3, -0.25) is 0 Å². The summed E-state index contributed by atoms with van der Waals surface area (Å²) < 4.78 is 0. The van der Waals surface area contributed by atoms with Gasteiger partial charge >= 0.3 is 40.7 Å². The van der Waals surface area contributed by atoms with Crippen molar-refractivity contribution in [1.29, 1.82) is 0 Å².